The Bertz CT molecular complexity index is 217. The standard InChI is InChI=1S/C11H23N3O.2ClH/c1-3-10(12)11(15)13-7-9-5-6-14(4-2)8-9;;/h9-10H,3-8,12H2,1-2H3,(H,13,15);2*1H/t9?,10-;;/m0../s1. The number of nitrogens with zero attached hydrogens (tertiary/aromatic N) is 1. The summed E-state index contributed by atoms with van der Waals surface area (Å²) < 4.78 is 0. The number of rotatable bonds is 5. The molecule has 0 radical (unpaired) electrons. The highest BCUT2D eigenvalue weighted by Gasteiger charge is 2.22. The highest BCUT2D eigenvalue weighted by molar-refractivity contribution is 5.85. The number of carbonyl (C=O) groups is 1. The first kappa shape index (κ1) is 19.3. The zero-order valence-corrected chi connectivity index (χ0v) is 12.3. The van der Waals surface area contributed by atoms with Gasteiger partial charge in [-0.2, -0.15) is 0 Å². The van der Waals surface area contributed by atoms with E-state index in [0.717, 1.165) is 26.2 Å². The van der Waals surface area contributed by atoms with Gasteiger partial charge in [-0.05, 0) is 31.8 Å². The molecule has 0 spiro atoms. The quantitative estimate of drug-likeness (QED) is 0.793. The van der Waals surface area contributed by atoms with Crippen molar-refractivity contribution in [1.82, 2.24) is 10.2 Å². The molecule has 0 aromatic heterocycles. The van der Waals surface area contributed by atoms with Gasteiger partial charge < -0.3 is 16.0 Å². The number of hydrogen-bond donors (Lipinski definition) is 2. The largest absolute Gasteiger partial charge is 0.354 e. The number of nitrogens with one attached hydrogen (secondary N) is 1. The molecule has 1 unspecified atom stereocenters. The fraction of sp³-hybridized carbons (Fsp3) is 0.909. The Morgan fingerprint density at radius 2 is 2.12 bits per heavy atom. The van der Waals surface area contributed by atoms with Gasteiger partial charge in [0.25, 0.3) is 0 Å². The van der Waals surface area contributed by atoms with Crippen LogP contribution in [0.2, 0.25) is 0 Å². The van der Waals surface area contributed by atoms with Crippen LogP contribution in [0.5, 0.6) is 0 Å². The fourth-order valence-electron chi connectivity index (χ4n) is 1.93. The minimum atomic E-state index is -0.339. The van der Waals surface area contributed by atoms with Crippen molar-refractivity contribution < 1.29 is 4.79 Å². The molecule has 3 N–H and O–H groups in total. The zero-order chi connectivity index (χ0) is 11.3. The maximum absolute atomic E-state index is 11.4. The molecule has 17 heavy (non-hydrogen) atoms. The van der Waals surface area contributed by atoms with Gasteiger partial charge in [-0.15, -0.1) is 24.8 Å². The van der Waals surface area contributed by atoms with Crippen molar-refractivity contribution in [1.29, 1.82) is 0 Å². The SMILES string of the molecule is CC[C@H](N)C(=O)NCC1CCN(CC)C1.Cl.Cl. The van der Waals surface area contributed by atoms with Gasteiger partial charge in [0.2, 0.25) is 5.91 Å². The Hall–Kier alpha value is -0.0300. The van der Waals surface area contributed by atoms with Crippen LogP contribution in [0.4, 0.5) is 0 Å². The first-order valence-electron chi connectivity index (χ1n) is 5.93. The van der Waals surface area contributed by atoms with Crippen molar-refractivity contribution in [3.63, 3.8) is 0 Å². The third kappa shape index (κ3) is 6.46. The van der Waals surface area contributed by atoms with E-state index in [4.69, 9.17) is 5.73 Å². The molecule has 0 aromatic carbocycles. The summed E-state index contributed by atoms with van der Waals surface area (Å²) in [4.78, 5) is 13.8. The number of hydrogen-bond acceptors (Lipinski definition) is 3. The summed E-state index contributed by atoms with van der Waals surface area (Å²) in [5.41, 5.74) is 5.63. The molecule has 1 fully saturated rings. The van der Waals surface area contributed by atoms with E-state index < -0.39 is 0 Å². The second kappa shape index (κ2) is 9.95. The predicted molar refractivity (Wildman–Crippen MR) is 76.0 cm³/mol. The third-order valence-electron chi connectivity index (χ3n) is 3.16. The molecule has 2 atom stereocenters. The van der Waals surface area contributed by atoms with Crippen LogP contribution < -0.4 is 11.1 Å². The van der Waals surface area contributed by atoms with E-state index in [1.807, 2.05) is 6.92 Å². The van der Waals surface area contributed by atoms with Crippen molar-refractivity contribution in [3.05, 3.63) is 0 Å². The molecule has 0 bridgehead atoms. The van der Waals surface area contributed by atoms with Gasteiger partial charge in [-0.1, -0.05) is 13.8 Å². The Balaban J connectivity index is 0. The second-order valence-electron chi connectivity index (χ2n) is 4.31. The first-order chi connectivity index (χ1) is 7.17. The summed E-state index contributed by atoms with van der Waals surface area (Å²) in [7, 11) is 0. The lowest BCUT2D eigenvalue weighted by molar-refractivity contribution is -0.122. The van der Waals surface area contributed by atoms with E-state index >= 15 is 0 Å². The molecule has 6 heteroatoms. The number of amides is 1. The summed E-state index contributed by atoms with van der Waals surface area (Å²) in [5.74, 6) is 0.602. The Labute approximate surface area is 117 Å². The molecular weight excluding hydrogens is 261 g/mol. The van der Waals surface area contributed by atoms with Gasteiger partial charge in [-0.25, -0.2) is 0 Å². The van der Waals surface area contributed by atoms with Crippen molar-refractivity contribution in [2.45, 2.75) is 32.7 Å². The summed E-state index contributed by atoms with van der Waals surface area (Å²) in [6, 6.07) is -0.339. The monoisotopic (exact) mass is 285 g/mol. The average molecular weight is 286 g/mol. The maximum Gasteiger partial charge on any atom is 0.236 e. The number of carbonyl (C=O) groups excluding carboxylic acids is 1. The molecule has 0 aliphatic carbocycles. The van der Waals surface area contributed by atoms with Gasteiger partial charge in [0.15, 0.2) is 0 Å². The van der Waals surface area contributed by atoms with Crippen LogP contribution in [0.3, 0.4) is 0 Å². The third-order valence-corrected chi connectivity index (χ3v) is 3.16. The lowest BCUT2D eigenvalue weighted by atomic mass is 10.1. The van der Waals surface area contributed by atoms with Crippen LogP contribution in [0.25, 0.3) is 0 Å². The highest BCUT2D eigenvalue weighted by Crippen LogP contribution is 2.14. The molecule has 1 aliphatic rings. The molecule has 1 amide bonds. The molecule has 4 nitrogen and oxygen atoms in total. The number of nitrogens with two attached hydrogens (primary N) is 1. The summed E-state index contributed by atoms with van der Waals surface area (Å²) in [6.07, 6.45) is 1.90. The Morgan fingerprint density at radius 3 is 2.59 bits per heavy atom. The van der Waals surface area contributed by atoms with Crippen LogP contribution in [0.15, 0.2) is 0 Å². The molecule has 1 saturated heterocycles. The molecule has 0 saturated carbocycles. The van der Waals surface area contributed by atoms with E-state index in [1.165, 1.54) is 6.42 Å². The normalized spacial score (nSPS) is 21.2. The lowest BCUT2D eigenvalue weighted by Gasteiger charge is -2.15. The second-order valence-corrected chi connectivity index (χ2v) is 4.31. The van der Waals surface area contributed by atoms with Crippen LogP contribution in [0, 0.1) is 5.92 Å². The molecule has 1 rings (SSSR count). The average Bonchev–Trinajstić information content (AvgIpc) is 2.72. The summed E-state index contributed by atoms with van der Waals surface area (Å²) in [6.45, 7) is 8.27. The first-order valence-corrected chi connectivity index (χ1v) is 5.93. The molecule has 1 aliphatic heterocycles. The minimum Gasteiger partial charge on any atom is -0.354 e. The van der Waals surface area contributed by atoms with Gasteiger partial charge in [0.1, 0.15) is 0 Å². The van der Waals surface area contributed by atoms with Crippen molar-refractivity contribution in [2.75, 3.05) is 26.2 Å². The minimum absolute atomic E-state index is 0. The van der Waals surface area contributed by atoms with Crippen molar-refractivity contribution in [3.8, 4) is 0 Å². The Kier molecular flexibility index (Phi) is 11.3. The van der Waals surface area contributed by atoms with Crippen molar-refractivity contribution >= 4 is 30.7 Å². The van der Waals surface area contributed by atoms with E-state index in [-0.39, 0.29) is 36.8 Å². The van der Waals surface area contributed by atoms with E-state index in [2.05, 4.69) is 17.1 Å². The van der Waals surface area contributed by atoms with Crippen LogP contribution in [-0.2, 0) is 4.79 Å². The van der Waals surface area contributed by atoms with E-state index in [1.54, 1.807) is 0 Å². The fourth-order valence-corrected chi connectivity index (χ4v) is 1.93. The zero-order valence-electron chi connectivity index (χ0n) is 10.6. The van der Waals surface area contributed by atoms with Crippen LogP contribution in [-0.4, -0.2) is 43.0 Å². The predicted octanol–water partition coefficient (Wildman–Crippen LogP) is 1.03. The van der Waals surface area contributed by atoms with Gasteiger partial charge in [0.05, 0.1) is 6.04 Å². The summed E-state index contributed by atoms with van der Waals surface area (Å²) >= 11 is 0. The highest BCUT2D eigenvalue weighted by atomic mass is 35.5. The molecule has 1 heterocycles. The summed E-state index contributed by atoms with van der Waals surface area (Å²) in [5, 5.41) is 2.93. The number of likely N-dealkylation sites (tertiary alicyclic amines) is 1. The lowest BCUT2D eigenvalue weighted by Crippen LogP contribution is -2.42. The van der Waals surface area contributed by atoms with E-state index in [0.29, 0.717) is 12.3 Å². The molecule has 0 aromatic rings. The van der Waals surface area contributed by atoms with Gasteiger partial charge in [-0.3, -0.25) is 4.79 Å². The smallest absolute Gasteiger partial charge is 0.236 e. The Morgan fingerprint density at radius 1 is 1.47 bits per heavy atom. The molecular formula is C11H25Cl2N3O. The van der Waals surface area contributed by atoms with E-state index in [9.17, 15) is 4.79 Å². The van der Waals surface area contributed by atoms with Crippen LogP contribution in [0.1, 0.15) is 26.7 Å². The molecule has 104 valence electrons. The van der Waals surface area contributed by atoms with Crippen molar-refractivity contribution in [2.24, 2.45) is 11.7 Å². The number of halogens is 2. The van der Waals surface area contributed by atoms with Gasteiger partial charge in [0, 0.05) is 13.1 Å². The maximum atomic E-state index is 11.4. The van der Waals surface area contributed by atoms with Crippen LogP contribution >= 0.6 is 24.8 Å². The van der Waals surface area contributed by atoms with Gasteiger partial charge >= 0.3 is 0 Å². The topological polar surface area (TPSA) is 58.4 Å².